The number of hydrogen-bond donors (Lipinski definition) is 1. The number of hydrogen-bond acceptors (Lipinski definition) is 4. The molecular formula is C19H26N3O3+. The summed E-state index contributed by atoms with van der Waals surface area (Å²) in [6, 6.07) is 8.93. The van der Waals surface area contributed by atoms with Crippen LogP contribution in [0.3, 0.4) is 0 Å². The Balaban J connectivity index is 1.82. The highest BCUT2D eigenvalue weighted by atomic mass is 16.5. The normalized spacial score (nSPS) is 15.1. The van der Waals surface area contributed by atoms with E-state index in [0.29, 0.717) is 12.3 Å². The first-order valence-electron chi connectivity index (χ1n) is 8.85. The van der Waals surface area contributed by atoms with Crippen molar-refractivity contribution in [3.05, 3.63) is 40.7 Å². The number of aromatic nitrogens is 2. The fraction of sp³-hybridized carbons (Fsp3) is 0.474. The Hall–Kier alpha value is -2.34. The SMILES string of the molecule is COc1ccc(-c2ccc(=O)n(CC[NH+]3CCCCC3)n2)c(OC)c1. The van der Waals surface area contributed by atoms with Gasteiger partial charge in [-0.2, -0.15) is 5.10 Å². The van der Waals surface area contributed by atoms with E-state index in [-0.39, 0.29) is 5.56 Å². The molecule has 1 aliphatic heterocycles. The van der Waals surface area contributed by atoms with Gasteiger partial charge in [0.1, 0.15) is 11.5 Å². The van der Waals surface area contributed by atoms with Crippen molar-refractivity contribution in [2.24, 2.45) is 0 Å². The van der Waals surface area contributed by atoms with Crippen LogP contribution in [0.15, 0.2) is 35.1 Å². The lowest BCUT2D eigenvalue weighted by Gasteiger charge is -2.23. The lowest BCUT2D eigenvalue weighted by Crippen LogP contribution is -3.13. The zero-order chi connectivity index (χ0) is 17.6. The molecule has 1 saturated heterocycles. The molecule has 1 fully saturated rings. The van der Waals surface area contributed by atoms with Gasteiger partial charge in [0.05, 0.1) is 46.1 Å². The van der Waals surface area contributed by atoms with E-state index in [1.807, 2.05) is 18.2 Å². The van der Waals surface area contributed by atoms with Crippen molar-refractivity contribution < 1.29 is 14.4 Å². The van der Waals surface area contributed by atoms with Gasteiger partial charge in [0.25, 0.3) is 5.56 Å². The lowest BCUT2D eigenvalue weighted by molar-refractivity contribution is -0.905. The third-order valence-corrected chi connectivity index (χ3v) is 4.79. The third kappa shape index (κ3) is 4.20. The van der Waals surface area contributed by atoms with E-state index in [1.165, 1.54) is 32.4 Å². The molecule has 0 unspecified atom stereocenters. The van der Waals surface area contributed by atoms with E-state index in [0.717, 1.165) is 23.6 Å². The summed E-state index contributed by atoms with van der Waals surface area (Å²) >= 11 is 0. The van der Waals surface area contributed by atoms with Gasteiger partial charge >= 0.3 is 0 Å². The van der Waals surface area contributed by atoms with Gasteiger partial charge < -0.3 is 14.4 Å². The maximum Gasteiger partial charge on any atom is 0.266 e. The monoisotopic (exact) mass is 344 g/mol. The molecule has 0 radical (unpaired) electrons. The molecule has 1 aromatic heterocycles. The van der Waals surface area contributed by atoms with Gasteiger partial charge in [-0.15, -0.1) is 0 Å². The number of nitrogens with one attached hydrogen (secondary N) is 1. The Labute approximate surface area is 148 Å². The van der Waals surface area contributed by atoms with Crippen LogP contribution >= 0.6 is 0 Å². The Morgan fingerprint density at radius 2 is 1.88 bits per heavy atom. The Kier molecular flexibility index (Phi) is 5.71. The molecule has 0 atom stereocenters. The highest BCUT2D eigenvalue weighted by molar-refractivity contribution is 5.68. The molecule has 6 heteroatoms. The predicted molar refractivity (Wildman–Crippen MR) is 96.5 cm³/mol. The van der Waals surface area contributed by atoms with Crippen LogP contribution in [0, 0.1) is 0 Å². The molecule has 1 aliphatic rings. The molecular weight excluding hydrogens is 318 g/mol. The van der Waals surface area contributed by atoms with Gasteiger partial charge in [0.2, 0.25) is 0 Å². The zero-order valence-corrected chi connectivity index (χ0v) is 15.0. The summed E-state index contributed by atoms with van der Waals surface area (Å²) in [4.78, 5) is 13.7. The van der Waals surface area contributed by atoms with Crippen LogP contribution in [0.2, 0.25) is 0 Å². The van der Waals surface area contributed by atoms with Crippen LogP contribution in [0.5, 0.6) is 11.5 Å². The van der Waals surface area contributed by atoms with Gasteiger partial charge in [-0.25, -0.2) is 4.68 Å². The Morgan fingerprint density at radius 1 is 1.08 bits per heavy atom. The topological polar surface area (TPSA) is 57.8 Å². The molecule has 2 heterocycles. The van der Waals surface area contributed by atoms with Crippen LogP contribution in [0.25, 0.3) is 11.3 Å². The van der Waals surface area contributed by atoms with E-state index in [4.69, 9.17) is 9.47 Å². The zero-order valence-electron chi connectivity index (χ0n) is 15.0. The fourth-order valence-corrected chi connectivity index (χ4v) is 3.33. The van der Waals surface area contributed by atoms with Crippen molar-refractivity contribution in [3.63, 3.8) is 0 Å². The quantitative estimate of drug-likeness (QED) is 0.849. The standard InChI is InChI=1S/C19H25N3O3/c1-24-15-6-7-16(18(14-15)25-2)17-8-9-19(23)22(20-17)13-12-21-10-4-3-5-11-21/h6-9,14H,3-5,10-13H2,1-2H3/p+1. The maximum absolute atomic E-state index is 12.2. The Morgan fingerprint density at radius 3 is 2.60 bits per heavy atom. The minimum Gasteiger partial charge on any atom is -0.497 e. The van der Waals surface area contributed by atoms with Gasteiger partial charge in [0, 0.05) is 17.7 Å². The number of benzene rings is 1. The highest BCUT2D eigenvalue weighted by Gasteiger charge is 2.15. The van der Waals surface area contributed by atoms with Gasteiger partial charge in [0.15, 0.2) is 0 Å². The number of likely N-dealkylation sites (tertiary alicyclic amines) is 1. The first-order valence-corrected chi connectivity index (χ1v) is 8.85. The van der Waals surface area contributed by atoms with Crippen LogP contribution < -0.4 is 19.9 Å². The molecule has 0 aliphatic carbocycles. The summed E-state index contributed by atoms with van der Waals surface area (Å²) in [7, 11) is 3.24. The molecule has 3 rings (SSSR count). The van der Waals surface area contributed by atoms with E-state index in [2.05, 4.69) is 5.10 Å². The number of ether oxygens (including phenoxy) is 2. The molecule has 2 aromatic rings. The minimum atomic E-state index is -0.0624. The van der Waals surface area contributed by atoms with E-state index < -0.39 is 0 Å². The van der Waals surface area contributed by atoms with Crippen LogP contribution in [0.1, 0.15) is 19.3 Å². The van der Waals surface area contributed by atoms with Crippen molar-refractivity contribution >= 4 is 0 Å². The predicted octanol–water partition coefficient (Wildman–Crippen LogP) is 0.996. The average molecular weight is 344 g/mol. The average Bonchev–Trinajstić information content (AvgIpc) is 2.67. The van der Waals surface area contributed by atoms with E-state index in [9.17, 15) is 4.79 Å². The largest absolute Gasteiger partial charge is 0.497 e. The second-order valence-electron chi connectivity index (χ2n) is 6.41. The molecule has 1 aromatic carbocycles. The summed E-state index contributed by atoms with van der Waals surface area (Å²) in [6.45, 7) is 3.97. The molecule has 6 nitrogen and oxygen atoms in total. The van der Waals surface area contributed by atoms with Gasteiger partial charge in [-0.05, 0) is 37.5 Å². The molecule has 0 amide bonds. The lowest BCUT2D eigenvalue weighted by atomic mass is 10.1. The Bertz CT molecular complexity index is 767. The maximum atomic E-state index is 12.2. The van der Waals surface area contributed by atoms with Crippen molar-refractivity contribution in [3.8, 4) is 22.8 Å². The molecule has 134 valence electrons. The number of quaternary nitrogens is 1. The second-order valence-corrected chi connectivity index (χ2v) is 6.41. The summed E-state index contributed by atoms with van der Waals surface area (Å²) in [6.07, 6.45) is 3.88. The molecule has 1 N–H and O–H groups in total. The first kappa shape index (κ1) is 17.5. The third-order valence-electron chi connectivity index (χ3n) is 4.79. The van der Waals surface area contributed by atoms with Crippen molar-refractivity contribution in [2.45, 2.75) is 25.8 Å². The van der Waals surface area contributed by atoms with Crippen LogP contribution in [0.4, 0.5) is 0 Å². The van der Waals surface area contributed by atoms with Gasteiger partial charge in [-0.1, -0.05) is 0 Å². The second kappa shape index (κ2) is 8.16. The van der Waals surface area contributed by atoms with Gasteiger partial charge in [-0.3, -0.25) is 4.79 Å². The van der Waals surface area contributed by atoms with Crippen molar-refractivity contribution in [1.29, 1.82) is 0 Å². The molecule has 25 heavy (non-hydrogen) atoms. The first-order chi connectivity index (χ1) is 12.2. The number of rotatable bonds is 6. The molecule has 0 saturated carbocycles. The van der Waals surface area contributed by atoms with E-state index >= 15 is 0 Å². The minimum absolute atomic E-state index is 0.0624. The highest BCUT2D eigenvalue weighted by Crippen LogP contribution is 2.31. The van der Waals surface area contributed by atoms with Crippen molar-refractivity contribution in [1.82, 2.24) is 9.78 Å². The molecule has 0 bridgehead atoms. The number of nitrogens with zero attached hydrogens (tertiary/aromatic N) is 2. The molecule has 0 spiro atoms. The number of piperidine rings is 1. The van der Waals surface area contributed by atoms with Crippen molar-refractivity contribution in [2.75, 3.05) is 33.9 Å². The smallest absolute Gasteiger partial charge is 0.266 e. The summed E-state index contributed by atoms with van der Waals surface area (Å²) < 4.78 is 12.3. The van der Waals surface area contributed by atoms with Crippen LogP contribution in [-0.2, 0) is 6.54 Å². The summed E-state index contributed by atoms with van der Waals surface area (Å²) in [5.41, 5.74) is 1.52. The van der Waals surface area contributed by atoms with E-state index in [1.54, 1.807) is 35.9 Å². The summed E-state index contributed by atoms with van der Waals surface area (Å²) in [5, 5.41) is 4.56. The van der Waals surface area contributed by atoms with Crippen LogP contribution in [-0.4, -0.2) is 43.6 Å². The fourth-order valence-electron chi connectivity index (χ4n) is 3.33. The number of methoxy groups -OCH3 is 2. The summed E-state index contributed by atoms with van der Waals surface area (Å²) in [5.74, 6) is 1.40.